The number of H-pyrrole nitrogens is 2. The molecule has 0 atom stereocenters. The Morgan fingerprint density at radius 1 is 0.906 bits per heavy atom. The highest BCUT2D eigenvalue weighted by Crippen LogP contribution is 2.33. The molecule has 5 aromatic rings. The summed E-state index contributed by atoms with van der Waals surface area (Å²) in [7, 11) is 0. The van der Waals surface area contributed by atoms with Crippen LogP contribution in [0, 0.1) is 0 Å². The van der Waals surface area contributed by atoms with Crippen molar-refractivity contribution in [2.24, 2.45) is 0 Å². The second-order valence-electron chi connectivity index (χ2n) is 7.23. The van der Waals surface area contributed by atoms with Gasteiger partial charge in [0.05, 0.1) is 22.3 Å². The van der Waals surface area contributed by atoms with Crippen LogP contribution < -0.4 is 0 Å². The maximum absolute atomic E-state index is 13.3. The van der Waals surface area contributed by atoms with Gasteiger partial charge < -0.3 is 9.97 Å². The topological polar surface area (TPSA) is 74.4 Å². The summed E-state index contributed by atoms with van der Waals surface area (Å²) < 4.78 is 39.9. The standard InChI is InChI=1S/C24H15F3N4O/c25-24(26,27)18-4-2-1-3-17(18)22(32)16-12-21(29-13-16)23-30-19-6-5-15(11-20(19)31-23)14-7-9-28-10-8-14/h1-13,29H,(H,30,31). The molecule has 5 rings (SSSR count). The van der Waals surface area contributed by atoms with Crippen LogP contribution in [0.15, 0.2) is 79.3 Å². The number of hydrogen-bond acceptors (Lipinski definition) is 3. The van der Waals surface area contributed by atoms with Gasteiger partial charge in [-0.25, -0.2) is 4.98 Å². The Hall–Kier alpha value is -4.20. The van der Waals surface area contributed by atoms with Crippen molar-refractivity contribution >= 4 is 16.8 Å². The lowest BCUT2D eigenvalue weighted by Gasteiger charge is -2.10. The zero-order chi connectivity index (χ0) is 22.3. The number of nitrogens with one attached hydrogen (secondary N) is 2. The van der Waals surface area contributed by atoms with Crippen LogP contribution >= 0.6 is 0 Å². The molecule has 2 N–H and O–H groups in total. The molecular formula is C24H15F3N4O. The summed E-state index contributed by atoms with van der Waals surface area (Å²) in [6.45, 7) is 0. The van der Waals surface area contributed by atoms with Gasteiger partial charge in [0.1, 0.15) is 0 Å². The maximum atomic E-state index is 13.3. The van der Waals surface area contributed by atoms with Gasteiger partial charge in [-0.3, -0.25) is 9.78 Å². The molecule has 0 bridgehead atoms. The molecule has 158 valence electrons. The van der Waals surface area contributed by atoms with E-state index in [0.717, 1.165) is 28.2 Å². The fraction of sp³-hybridized carbons (Fsp3) is 0.0417. The summed E-state index contributed by atoms with van der Waals surface area (Å²) in [6, 6.07) is 15.8. The van der Waals surface area contributed by atoms with Crippen LogP contribution in [0.25, 0.3) is 33.7 Å². The minimum atomic E-state index is -4.61. The van der Waals surface area contributed by atoms with Gasteiger partial charge in [-0.05, 0) is 47.5 Å². The average molecular weight is 432 g/mol. The number of ketones is 1. The van der Waals surface area contributed by atoms with E-state index in [2.05, 4.69) is 19.9 Å². The lowest BCUT2D eigenvalue weighted by molar-refractivity contribution is -0.137. The Kier molecular flexibility index (Phi) is 4.62. The van der Waals surface area contributed by atoms with Crippen molar-refractivity contribution in [3.05, 3.63) is 95.9 Å². The molecule has 0 amide bonds. The van der Waals surface area contributed by atoms with Gasteiger partial charge in [0.25, 0.3) is 0 Å². The minimum Gasteiger partial charge on any atom is -0.358 e. The third-order valence-electron chi connectivity index (χ3n) is 5.17. The minimum absolute atomic E-state index is 0.120. The molecule has 0 unspecified atom stereocenters. The molecule has 0 spiro atoms. The van der Waals surface area contributed by atoms with Crippen LogP contribution in [-0.2, 0) is 6.18 Å². The molecule has 0 fully saturated rings. The molecule has 0 saturated heterocycles. The van der Waals surface area contributed by atoms with E-state index in [0.29, 0.717) is 11.5 Å². The Morgan fingerprint density at radius 3 is 2.47 bits per heavy atom. The van der Waals surface area contributed by atoms with E-state index in [1.807, 2.05) is 30.3 Å². The van der Waals surface area contributed by atoms with Crippen molar-refractivity contribution < 1.29 is 18.0 Å². The highest BCUT2D eigenvalue weighted by Gasteiger charge is 2.35. The number of rotatable bonds is 4. The second kappa shape index (κ2) is 7.49. The monoisotopic (exact) mass is 432 g/mol. The first kappa shape index (κ1) is 19.7. The average Bonchev–Trinajstić information content (AvgIpc) is 3.45. The Bertz CT molecular complexity index is 1430. The van der Waals surface area contributed by atoms with Crippen molar-refractivity contribution in [1.29, 1.82) is 0 Å². The number of hydrogen-bond donors (Lipinski definition) is 2. The molecule has 0 saturated carbocycles. The van der Waals surface area contributed by atoms with E-state index in [1.54, 1.807) is 12.4 Å². The predicted octanol–water partition coefficient (Wildman–Crippen LogP) is 5.87. The van der Waals surface area contributed by atoms with Crippen molar-refractivity contribution in [1.82, 2.24) is 19.9 Å². The largest absolute Gasteiger partial charge is 0.417 e. The van der Waals surface area contributed by atoms with Gasteiger partial charge in [-0.15, -0.1) is 0 Å². The van der Waals surface area contributed by atoms with Gasteiger partial charge in [0.2, 0.25) is 0 Å². The second-order valence-corrected chi connectivity index (χ2v) is 7.23. The first-order valence-electron chi connectivity index (χ1n) is 9.70. The van der Waals surface area contributed by atoms with Gasteiger partial charge in [0.15, 0.2) is 11.6 Å². The molecular weight excluding hydrogens is 417 g/mol. The number of alkyl halides is 3. The molecule has 8 heteroatoms. The molecule has 5 nitrogen and oxygen atoms in total. The van der Waals surface area contributed by atoms with Crippen molar-refractivity contribution in [2.45, 2.75) is 6.18 Å². The van der Waals surface area contributed by atoms with E-state index in [9.17, 15) is 18.0 Å². The third-order valence-corrected chi connectivity index (χ3v) is 5.17. The van der Waals surface area contributed by atoms with E-state index in [4.69, 9.17) is 0 Å². The first-order valence-corrected chi connectivity index (χ1v) is 9.70. The number of carbonyl (C=O) groups excluding carboxylic acids is 1. The van der Waals surface area contributed by atoms with E-state index >= 15 is 0 Å². The Labute approximate surface area is 180 Å². The Balaban J connectivity index is 1.48. The number of benzene rings is 2. The third kappa shape index (κ3) is 3.56. The van der Waals surface area contributed by atoms with Crippen LogP contribution in [0.5, 0.6) is 0 Å². The molecule has 0 aliphatic rings. The summed E-state index contributed by atoms with van der Waals surface area (Å²) in [6.07, 6.45) is 0.204. The fourth-order valence-electron chi connectivity index (χ4n) is 3.61. The van der Waals surface area contributed by atoms with E-state index in [-0.39, 0.29) is 5.56 Å². The van der Waals surface area contributed by atoms with Crippen LogP contribution in [0.3, 0.4) is 0 Å². The van der Waals surface area contributed by atoms with Crippen LogP contribution in [0.1, 0.15) is 21.5 Å². The van der Waals surface area contributed by atoms with Gasteiger partial charge in [-0.1, -0.05) is 24.3 Å². The fourth-order valence-corrected chi connectivity index (χ4v) is 3.61. The first-order chi connectivity index (χ1) is 15.4. The molecule has 2 aromatic carbocycles. The molecule has 0 aliphatic heterocycles. The number of nitrogens with zero attached hydrogens (tertiary/aromatic N) is 2. The number of aromatic amines is 2. The summed E-state index contributed by atoms with van der Waals surface area (Å²) in [5.74, 6) is -0.230. The van der Waals surface area contributed by atoms with E-state index < -0.39 is 23.1 Å². The number of halogens is 3. The zero-order valence-electron chi connectivity index (χ0n) is 16.4. The Morgan fingerprint density at radius 2 is 1.69 bits per heavy atom. The summed E-state index contributed by atoms with van der Waals surface area (Å²) in [4.78, 5) is 27.5. The zero-order valence-corrected chi connectivity index (χ0v) is 16.4. The maximum Gasteiger partial charge on any atom is 0.417 e. The lowest BCUT2D eigenvalue weighted by atomic mass is 9.99. The summed E-state index contributed by atoms with van der Waals surface area (Å²) in [5.41, 5.74) is 2.78. The molecule has 0 aliphatic carbocycles. The lowest BCUT2D eigenvalue weighted by Crippen LogP contribution is -2.13. The SMILES string of the molecule is O=C(c1c[nH]c(-c2nc3ccc(-c4ccncc4)cc3[nH]2)c1)c1ccccc1C(F)(F)F. The van der Waals surface area contributed by atoms with Gasteiger partial charge >= 0.3 is 6.18 Å². The predicted molar refractivity (Wildman–Crippen MR) is 114 cm³/mol. The molecule has 32 heavy (non-hydrogen) atoms. The van der Waals surface area contributed by atoms with Crippen LogP contribution in [-0.4, -0.2) is 25.7 Å². The van der Waals surface area contributed by atoms with Crippen LogP contribution in [0.4, 0.5) is 13.2 Å². The highest BCUT2D eigenvalue weighted by molar-refractivity contribution is 6.10. The molecule has 0 radical (unpaired) electrons. The smallest absolute Gasteiger partial charge is 0.358 e. The van der Waals surface area contributed by atoms with Crippen molar-refractivity contribution in [3.63, 3.8) is 0 Å². The van der Waals surface area contributed by atoms with E-state index in [1.165, 1.54) is 30.5 Å². The van der Waals surface area contributed by atoms with Crippen molar-refractivity contribution in [3.8, 4) is 22.6 Å². The van der Waals surface area contributed by atoms with Gasteiger partial charge in [0, 0.05) is 29.7 Å². The molecule has 3 heterocycles. The van der Waals surface area contributed by atoms with Crippen LogP contribution in [0.2, 0.25) is 0 Å². The number of carbonyl (C=O) groups is 1. The quantitative estimate of drug-likeness (QED) is 0.349. The number of pyridine rings is 1. The number of aromatic nitrogens is 4. The molecule has 3 aromatic heterocycles. The summed E-state index contributed by atoms with van der Waals surface area (Å²) in [5, 5.41) is 0. The summed E-state index contributed by atoms with van der Waals surface area (Å²) >= 11 is 0. The number of fused-ring (bicyclic) bond motifs is 1. The normalized spacial score (nSPS) is 11.7. The highest BCUT2D eigenvalue weighted by atomic mass is 19.4. The van der Waals surface area contributed by atoms with Crippen molar-refractivity contribution in [2.75, 3.05) is 0 Å². The number of imidazole rings is 1. The van der Waals surface area contributed by atoms with Gasteiger partial charge in [-0.2, -0.15) is 13.2 Å².